The van der Waals surface area contributed by atoms with Gasteiger partial charge in [-0.1, -0.05) is 0 Å². The Labute approximate surface area is 101 Å². The molecule has 0 atom stereocenters. The summed E-state index contributed by atoms with van der Waals surface area (Å²) in [6, 6.07) is 0.750. The predicted molar refractivity (Wildman–Crippen MR) is 66.7 cm³/mol. The summed E-state index contributed by atoms with van der Waals surface area (Å²) in [7, 11) is 1.73. The molecule has 1 N–H and O–H groups in total. The van der Waals surface area contributed by atoms with E-state index in [0.717, 1.165) is 23.3 Å². The number of hydrogen-bond acceptors (Lipinski definition) is 4. The van der Waals surface area contributed by atoms with Gasteiger partial charge in [-0.3, -0.25) is 0 Å². The molecule has 1 saturated carbocycles. The molecule has 1 aliphatic rings. The largest absolute Gasteiger partial charge is 0.372 e. The first-order valence-electron chi connectivity index (χ1n) is 5.78. The monoisotopic (exact) mass is 240 g/mol. The lowest BCUT2D eigenvalue weighted by Gasteiger charge is -2.19. The zero-order valence-electron chi connectivity index (χ0n) is 10.5. The van der Waals surface area contributed by atoms with Crippen molar-refractivity contribution in [2.45, 2.75) is 51.8 Å². The van der Waals surface area contributed by atoms with Gasteiger partial charge in [-0.2, -0.15) is 0 Å². The summed E-state index contributed by atoms with van der Waals surface area (Å²) in [4.78, 5) is 5.94. The Balaban J connectivity index is 2.07. The molecule has 0 spiro atoms. The Morgan fingerprint density at radius 2 is 2.19 bits per heavy atom. The molecule has 2 rings (SSSR count). The number of nitrogens with one attached hydrogen (secondary N) is 1. The van der Waals surface area contributed by atoms with E-state index in [1.807, 2.05) is 0 Å². The van der Waals surface area contributed by atoms with Crippen molar-refractivity contribution in [3.8, 4) is 0 Å². The second kappa shape index (κ2) is 4.43. The third kappa shape index (κ3) is 2.62. The van der Waals surface area contributed by atoms with Gasteiger partial charge in [-0.25, -0.2) is 4.98 Å². The molecule has 3 nitrogen and oxygen atoms in total. The molecule has 1 aliphatic carbocycles. The molecule has 4 heteroatoms. The summed E-state index contributed by atoms with van der Waals surface area (Å²) in [6.07, 6.45) is 2.66. The van der Waals surface area contributed by atoms with E-state index in [-0.39, 0.29) is 5.60 Å². The van der Waals surface area contributed by atoms with E-state index in [1.165, 1.54) is 17.7 Å². The van der Waals surface area contributed by atoms with Crippen LogP contribution in [0.2, 0.25) is 0 Å². The third-order valence-electron chi connectivity index (χ3n) is 3.05. The van der Waals surface area contributed by atoms with Gasteiger partial charge in [0.2, 0.25) is 0 Å². The highest BCUT2D eigenvalue weighted by Crippen LogP contribution is 2.30. The summed E-state index contributed by atoms with van der Waals surface area (Å²) < 4.78 is 5.46. The molecule has 0 aliphatic heterocycles. The molecular formula is C12H20N2OS. The van der Waals surface area contributed by atoms with Crippen molar-refractivity contribution in [2.24, 2.45) is 0 Å². The lowest BCUT2D eigenvalue weighted by Crippen LogP contribution is -2.18. The standard InChI is InChI=1S/C12H20N2OS/c1-8-10(7-13-9-5-6-9)16-11(14-8)12(2,3)15-4/h9,13H,5-7H2,1-4H3. The average Bonchev–Trinajstić information content (AvgIpc) is 2.99. The molecule has 0 aromatic carbocycles. The molecule has 0 saturated heterocycles. The number of thiazole rings is 1. The summed E-state index contributed by atoms with van der Waals surface area (Å²) in [5.74, 6) is 0. The van der Waals surface area contributed by atoms with Gasteiger partial charge >= 0.3 is 0 Å². The van der Waals surface area contributed by atoms with E-state index < -0.39 is 0 Å². The van der Waals surface area contributed by atoms with Crippen LogP contribution in [-0.4, -0.2) is 18.1 Å². The van der Waals surface area contributed by atoms with Gasteiger partial charge in [-0.15, -0.1) is 11.3 Å². The maximum Gasteiger partial charge on any atom is 0.125 e. The Morgan fingerprint density at radius 3 is 2.75 bits per heavy atom. The Kier molecular flexibility index (Phi) is 3.33. The zero-order chi connectivity index (χ0) is 11.8. The van der Waals surface area contributed by atoms with Crippen molar-refractivity contribution in [1.29, 1.82) is 0 Å². The van der Waals surface area contributed by atoms with Gasteiger partial charge in [0.05, 0.1) is 5.69 Å². The first kappa shape index (κ1) is 12.0. The highest BCUT2D eigenvalue weighted by Gasteiger charge is 2.26. The summed E-state index contributed by atoms with van der Waals surface area (Å²) in [6.45, 7) is 7.15. The number of rotatable bonds is 5. The number of nitrogens with zero attached hydrogens (tertiary/aromatic N) is 1. The average molecular weight is 240 g/mol. The SMILES string of the molecule is COC(C)(C)c1nc(C)c(CNC2CC2)s1. The molecule has 1 fully saturated rings. The van der Waals surface area contributed by atoms with E-state index in [0.29, 0.717) is 0 Å². The van der Waals surface area contributed by atoms with Crippen LogP contribution in [0.25, 0.3) is 0 Å². The van der Waals surface area contributed by atoms with Crippen LogP contribution in [0.5, 0.6) is 0 Å². The van der Waals surface area contributed by atoms with Crippen LogP contribution in [-0.2, 0) is 16.9 Å². The highest BCUT2D eigenvalue weighted by molar-refractivity contribution is 7.11. The van der Waals surface area contributed by atoms with Gasteiger partial charge in [-0.05, 0) is 33.6 Å². The first-order chi connectivity index (χ1) is 7.53. The van der Waals surface area contributed by atoms with E-state index in [2.05, 4.69) is 31.1 Å². The van der Waals surface area contributed by atoms with Crippen LogP contribution >= 0.6 is 11.3 Å². The molecule has 0 amide bonds. The fourth-order valence-corrected chi connectivity index (χ4v) is 2.56. The summed E-state index contributed by atoms with van der Waals surface area (Å²) in [5, 5.41) is 4.60. The number of aryl methyl sites for hydroxylation is 1. The molecule has 90 valence electrons. The topological polar surface area (TPSA) is 34.1 Å². The summed E-state index contributed by atoms with van der Waals surface area (Å²) >= 11 is 1.76. The third-order valence-corrected chi connectivity index (χ3v) is 4.51. The normalized spacial score (nSPS) is 16.8. The quantitative estimate of drug-likeness (QED) is 0.859. The van der Waals surface area contributed by atoms with Crippen molar-refractivity contribution < 1.29 is 4.74 Å². The molecule has 16 heavy (non-hydrogen) atoms. The highest BCUT2D eigenvalue weighted by atomic mass is 32.1. The fraction of sp³-hybridized carbons (Fsp3) is 0.750. The second-order valence-electron chi connectivity index (χ2n) is 4.90. The fourth-order valence-electron chi connectivity index (χ4n) is 1.46. The summed E-state index contributed by atoms with van der Waals surface area (Å²) in [5.41, 5.74) is 0.867. The van der Waals surface area contributed by atoms with Crippen molar-refractivity contribution in [3.05, 3.63) is 15.6 Å². The lowest BCUT2D eigenvalue weighted by molar-refractivity contribution is 0.0189. The van der Waals surface area contributed by atoms with Gasteiger partial charge in [0.15, 0.2) is 0 Å². The molecular weight excluding hydrogens is 220 g/mol. The molecule has 0 bridgehead atoms. The zero-order valence-corrected chi connectivity index (χ0v) is 11.3. The Bertz CT molecular complexity index is 369. The molecule has 1 aromatic heterocycles. The Morgan fingerprint density at radius 1 is 1.50 bits per heavy atom. The van der Waals surface area contributed by atoms with Crippen LogP contribution in [0, 0.1) is 6.92 Å². The smallest absolute Gasteiger partial charge is 0.125 e. The molecule has 1 heterocycles. The maximum absolute atomic E-state index is 5.46. The number of ether oxygens (including phenoxy) is 1. The number of methoxy groups -OCH3 is 1. The van der Waals surface area contributed by atoms with Crippen LogP contribution in [0.3, 0.4) is 0 Å². The van der Waals surface area contributed by atoms with Gasteiger partial charge in [0, 0.05) is 24.6 Å². The lowest BCUT2D eigenvalue weighted by atomic mass is 10.1. The molecule has 1 aromatic rings. The second-order valence-corrected chi connectivity index (χ2v) is 5.98. The van der Waals surface area contributed by atoms with Crippen molar-refractivity contribution in [2.75, 3.05) is 7.11 Å². The Hall–Kier alpha value is -0.450. The van der Waals surface area contributed by atoms with E-state index >= 15 is 0 Å². The van der Waals surface area contributed by atoms with Gasteiger partial charge in [0.25, 0.3) is 0 Å². The van der Waals surface area contributed by atoms with Crippen LogP contribution < -0.4 is 5.32 Å². The van der Waals surface area contributed by atoms with Gasteiger partial charge < -0.3 is 10.1 Å². The van der Waals surface area contributed by atoms with Crippen molar-refractivity contribution >= 4 is 11.3 Å². The van der Waals surface area contributed by atoms with Crippen molar-refractivity contribution in [1.82, 2.24) is 10.3 Å². The van der Waals surface area contributed by atoms with Crippen molar-refractivity contribution in [3.63, 3.8) is 0 Å². The van der Waals surface area contributed by atoms with E-state index in [4.69, 9.17) is 4.74 Å². The van der Waals surface area contributed by atoms with E-state index in [1.54, 1.807) is 18.4 Å². The van der Waals surface area contributed by atoms with E-state index in [9.17, 15) is 0 Å². The minimum atomic E-state index is -0.271. The number of aromatic nitrogens is 1. The minimum absolute atomic E-state index is 0.271. The molecule has 0 radical (unpaired) electrons. The van der Waals surface area contributed by atoms with Crippen LogP contribution in [0.1, 0.15) is 42.3 Å². The molecule has 0 unspecified atom stereocenters. The van der Waals surface area contributed by atoms with Crippen LogP contribution in [0.4, 0.5) is 0 Å². The maximum atomic E-state index is 5.46. The number of hydrogen-bond donors (Lipinski definition) is 1. The minimum Gasteiger partial charge on any atom is -0.372 e. The van der Waals surface area contributed by atoms with Gasteiger partial charge in [0.1, 0.15) is 10.6 Å². The predicted octanol–water partition coefficient (Wildman–Crippen LogP) is 2.59. The van der Waals surface area contributed by atoms with Crippen LogP contribution in [0.15, 0.2) is 0 Å². The first-order valence-corrected chi connectivity index (χ1v) is 6.60.